The molecule has 160 valence electrons. The fourth-order valence-electron chi connectivity index (χ4n) is 3.69. The van der Waals surface area contributed by atoms with E-state index in [2.05, 4.69) is 39.0 Å². The molecule has 29 heavy (non-hydrogen) atoms. The van der Waals surface area contributed by atoms with E-state index in [1.807, 2.05) is 6.92 Å². The van der Waals surface area contributed by atoms with Gasteiger partial charge in [0.1, 0.15) is 0 Å². The summed E-state index contributed by atoms with van der Waals surface area (Å²) in [7, 11) is 0. The second-order valence-corrected chi connectivity index (χ2v) is 8.61. The van der Waals surface area contributed by atoms with Gasteiger partial charge in [0.25, 0.3) is 5.56 Å². The van der Waals surface area contributed by atoms with Gasteiger partial charge in [-0.1, -0.05) is 31.6 Å². The van der Waals surface area contributed by atoms with E-state index in [0.717, 1.165) is 44.2 Å². The Hall–Kier alpha value is -2.00. The zero-order valence-electron chi connectivity index (χ0n) is 17.7. The number of rotatable bonds is 9. The van der Waals surface area contributed by atoms with Crippen LogP contribution in [0.1, 0.15) is 45.2 Å². The smallest absolute Gasteiger partial charge is 0.275 e. The maximum absolute atomic E-state index is 12.7. The predicted molar refractivity (Wildman–Crippen MR) is 117 cm³/mol. The van der Waals surface area contributed by atoms with Crippen molar-refractivity contribution in [3.05, 3.63) is 22.1 Å². The zero-order valence-corrected chi connectivity index (χ0v) is 18.5. The van der Waals surface area contributed by atoms with E-state index in [9.17, 15) is 9.59 Å². The zero-order chi connectivity index (χ0) is 20.8. The highest BCUT2D eigenvalue weighted by atomic mass is 32.1. The average molecular weight is 421 g/mol. The van der Waals surface area contributed by atoms with E-state index >= 15 is 0 Å². The Morgan fingerprint density at radius 3 is 2.97 bits per heavy atom. The van der Waals surface area contributed by atoms with Crippen LogP contribution in [0.3, 0.4) is 0 Å². The summed E-state index contributed by atoms with van der Waals surface area (Å²) in [5.74, 6) is 0.0707. The number of fused-ring (bicyclic) bond motifs is 1. The van der Waals surface area contributed by atoms with E-state index in [1.54, 1.807) is 0 Å². The molecule has 0 bridgehead atoms. The van der Waals surface area contributed by atoms with Gasteiger partial charge in [0.15, 0.2) is 0 Å². The first kappa shape index (κ1) is 21.7. The Kier molecular flexibility index (Phi) is 7.60. The number of aromatic nitrogens is 3. The molecular formula is C20H32N6O2S. The number of amides is 1. The number of piperidine rings is 1. The van der Waals surface area contributed by atoms with Crippen LogP contribution in [0.4, 0.5) is 5.13 Å². The Labute approximate surface area is 175 Å². The number of aryl methyl sites for hydroxylation is 1. The number of anilines is 1. The third-order valence-corrected chi connectivity index (χ3v) is 6.40. The van der Waals surface area contributed by atoms with Crippen molar-refractivity contribution in [2.75, 3.05) is 44.2 Å². The van der Waals surface area contributed by atoms with Crippen molar-refractivity contribution in [2.24, 2.45) is 5.92 Å². The number of hydrogen-bond donors (Lipinski definition) is 1. The highest BCUT2D eigenvalue weighted by molar-refractivity contribution is 7.20. The monoisotopic (exact) mass is 420 g/mol. The summed E-state index contributed by atoms with van der Waals surface area (Å²) in [6, 6.07) is 1.49. The lowest BCUT2D eigenvalue weighted by molar-refractivity contribution is -0.125. The van der Waals surface area contributed by atoms with Crippen LogP contribution in [0.25, 0.3) is 4.96 Å². The highest BCUT2D eigenvalue weighted by Crippen LogP contribution is 2.26. The molecule has 3 heterocycles. The highest BCUT2D eigenvalue weighted by Gasteiger charge is 2.27. The van der Waals surface area contributed by atoms with Crippen LogP contribution in [0.5, 0.6) is 0 Å². The normalized spacial score (nSPS) is 17.2. The predicted octanol–water partition coefficient (Wildman–Crippen LogP) is 1.91. The summed E-state index contributed by atoms with van der Waals surface area (Å²) in [5, 5.41) is 8.32. The fraction of sp³-hybridized carbons (Fsp3) is 0.700. The van der Waals surface area contributed by atoms with Crippen molar-refractivity contribution in [3.63, 3.8) is 0 Å². The van der Waals surface area contributed by atoms with Gasteiger partial charge < -0.3 is 15.1 Å². The molecule has 1 amide bonds. The van der Waals surface area contributed by atoms with E-state index in [0.29, 0.717) is 23.7 Å². The van der Waals surface area contributed by atoms with E-state index < -0.39 is 0 Å². The molecule has 2 aromatic heterocycles. The number of likely N-dealkylation sites (N-methyl/N-ethyl adjacent to an activating group) is 1. The van der Waals surface area contributed by atoms with Crippen LogP contribution in [-0.4, -0.2) is 64.7 Å². The molecule has 1 aliphatic heterocycles. The van der Waals surface area contributed by atoms with Crippen LogP contribution >= 0.6 is 11.3 Å². The van der Waals surface area contributed by atoms with Crippen molar-refractivity contribution in [3.8, 4) is 0 Å². The largest absolute Gasteiger partial charge is 0.355 e. The van der Waals surface area contributed by atoms with Crippen LogP contribution in [-0.2, 0) is 4.79 Å². The van der Waals surface area contributed by atoms with Gasteiger partial charge in [0.05, 0.1) is 5.92 Å². The summed E-state index contributed by atoms with van der Waals surface area (Å²) in [4.78, 5) is 34.3. The topological polar surface area (TPSA) is 82.8 Å². The number of unbranched alkanes of at least 4 members (excludes halogenated alkanes) is 1. The molecule has 1 N–H and O–H groups in total. The van der Waals surface area contributed by atoms with Crippen molar-refractivity contribution < 1.29 is 4.79 Å². The molecule has 1 saturated heterocycles. The number of nitrogens with zero attached hydrogens (tertiary/aromatic N) is 5. The second kappa shape index (κ2) is 10.2. The van der Waals surface area contributed by atoms with Gasteiger partial charge in [-0.3, -0.25) is 9.59 Å². The minimum absolute atomic E-state index is 0.0482. The molecule has 9 heteroatoms. The van der Waals surface area contributed by atoms with Crippen LogP contribution in [0.2, 0.25) is 0 Å². The Morgan fingerprint density at radius 2 is 2.21 bits per heavy atom. The fourth-order valence-corrected chi connectivity index (χ4v) is 4.68. The van der Waals surface area contributed by atoms with Gasteiger partial charge in [0.2, 0.25) is 16.0 Å². The average Bonchev–Trinajstić information content (AvgIpc) is 3.15. The third kappa shape index (κ3) is 5.54. The number of hydrogen-bond acceptors (Lipinski definition) is 7. The van der Waals surface area contributed by atoms with E-state index in [4.69, 9.17) is 0 Å². The van der Waals surface area contributed by atoms with Gasteiger partial charge >= 0.3 is 0 Å². The summed E-state index contributed by atoms with van der Waals surface area (Å²) in [6.45, 7) is 11.3. The van der Waals surface area contributed by atoms with Crippen LogP contribution in [0.15, 0.2) is 10.9 Å². The standard InChI is InChI=1S/C20H32N6O2S/c1-4-6-10-24(5-2)12-9-21-18(28)16-8-7-11-25(14-16)20-23-26-17(27)13-15(3)22-19(26)29-20/h13,16H,4-12,14H2,1-3H3,(H,21,28)/t16-/m1/s1. The molecular weight excluding hydrogens is 388 g/mol. The van der Waals surface area contributed by atoms with Crippen molar-refractivity contribution in [1.82, 2.24) is 24.8 Å². The number of nitrogens with one attached hydrogen (secondary N) is 1. The molecule has 8 nitrogen and oxygen atoms in total. The molecule has 0 spiro atoms. The quantitative estimate of drug-likeness (QED) is 0.667. The summed E-state index contributed by atoms with van der Waals surface area (Å²) < 4.78 is 1.35. The molecule has 1 fully saturated rings. The first-order valence-electron chi connectivity index (χ1n) is 10.6. The number of carbonyl (C=O) groups is 1. The maximum Gasteiger partial charge on any atom is 0.275 e. The van der Waals surface area contributed by atoms with Gasteiger partial charge in [-0.05, 0) is 39.3 Å². The van der Waals surface area contributed by atoms with Crippen LogP contribution in [0, 0.1) is 12.8 Å². The van der Waals surface area contributed by atoms with Gasteiger partial charge in [0, 0.05) is 37.9 Å². The molecule has 0 unspecified atom stereocenters. The molecule has 1 atom stereocenters. The van der Waals surface area contributed by atoms with Crippen molar-refractivity contribution in [2.45, 2.75) is 46.5 Å². The SMILES string of the molecule is CCCCN(CC)CCNC(=O)[C@@H]1CCCN(c2nn3c(=O)cc(C)nc3s2)C1. The van der Waals surface area contributed by atoms with Gasteiger partial charge in [-0.15, -0.1) is 5.10 Å². The molecule has 3 rings (SSSR count). The molecule has 0 aliphatic carbocycles. The molecule has 0 aromatic carbocycles. The Balaban J connectivity index is 1.57. The minimum Gasteiger partial charge on any atom is -0.355 e. The molecule has 2 aromatic rings. The lowest BCUT2D eigenvalue weighted by atomic mass is 9.97. The maximum atomic E-state index is 12.7. The summed E-state index contributed by atoms with van der Waals surface area (Å²) in [5.41, 5.74) is 0.533. The van der Waals surface area contributed by atoms with Crippen molar-refractivity contribution in [1.29, 1.82) is 0 Å². The second-order valence-electron chi connectivity index (χ2n) is 7.68. The summed E-state index contributed by atoms with van der Waals surface area (Å²) in [6.07, 6.45) is 4.21. The van der Waals surface area contributed by atoms with E-state index in [-0.39, 0.29) is 17.4 Å². The summed E-state index contributed by atoms with van der Waals surface area (Å²) >= 11 is 1.41. The lowest BCUT2D eigenvalue weighted by Gasteiger charge is -2.31. The minimum atomic E-state index is -0.162. The lowest BCUT2D eigenvalue weighted by Crippen LogP contribution is -2.45. The number of carbonyl (C=O) groups excluding carboxylic acids is 1. The van der Waals surface area contributed by atoms with Crippen LogP contribution < -0.4 is 15.8 Å². The Bertz CT molecular complexity index is 879. The Morgan fingerprint density at radius 1 is 1.38 bits per heavy atom. The van der Waals surface area contributed by atoms with E-state index in [1.165, 1.54) is 34.8 Å². The molecule has 1 aliphatic rings. The van der Waals surface area contributed by atoms with Gasteiger partial charge in [-0.2, -0.15) is 4.52 Å². The van der Waals surface area contributed by atoms with Gasteiger partial charge in [-0.25, -0.2) is 4.98 Å². The third-order valence-electron chi connectivity index (χ3n) is 5.43. The first-order chi connectivity index (χ1) is 14.0. The first-order valence-corrected chi connectivity index (χ1v) is 11.5. The molecule has 0 saturated carbocycles. The molecule has 0 radical (unpaired) electrons. The van der Waals surface area contributed by atoms with Crippen molar-refractivity contribution >= 4 is 27.3 Å².